The highest BCUT2D eigenvalue weighted by molar-refractivity contribution is 5.79. The number of hydrogen-bond donors (Lipinski definition) is 0. The average Bonchev–Trinajstić information content (AvgIpc) is 2.64. The monoisotopic (exact) mass is 324 g/mol. The highest BCUT2D eigenvalue weighted by Gasteiger charge is 2.16. The van der Waals surface area contributed by atoms with Gasteiger partial charge < -0.3 is 4.74 Å². The molecule has 4 heteroatoms. The molecular formula is C20H14F2O2. The Morgan fingerprint density at radius 2 is 1.67 bits per heavy atom. The average molecular weight is 324 g/mol. The smallest absolute Gasteiger partial charge is 0.201 e. The molecule has 0 aliphatic rings. The quantitative estimate of drug-likeness (QED) is 0.616. The van der Waals surface area contributed by atoms with Crippen molar-refractivity contribution in [3.63, 3.8) is 0 Å². The van der Waals surface area contributed by atoms with E-state index in [2.05, 4.69) is 0 Å². The van der Waals surface area contributed by atoms with E-state index in [1.165, 1.54) is 18.2 Å². The van der Waals surface area contributed by atoms with E-state index in [9.17, 15) is 13.6 Å². The van der Waals surface area contributed by atoms with Crippen LogP contribution in [0.5, 0.6) is 5.75 Å². The van der Waals surface area contributed by atoms with Crippen molar-refractivity contribution in [2.24, 2.45) is 0 Å². The summed E-state index contributed by atoms with van der Waals surface area (Å²) in [5, 5.41) is 0. The van der Waals surface area contributed by atoms with Gasteiger partial charge in [-0.3, -0.25) is 4.79 Å². The standard InChI is InChI=1S/C20H14F2O2/c21-19-17(16-8-4-7-15(11-16)12-23)9-10-18(20(19)22)24-13-14-5-2-1-3-6-14/h1-12H,13H2. The van der Waals surface area contributed by atoms with E-state index in [-0.39, 0.29) is 17.9 Å². The zero-order valence-electron chi connectivity index (χ0n) is 12.7. The van der Waals surface area contributed by atoms with Gasteiger partial charge >= 0.3 is 0 Å². The van der Waals surface area contributed by atoms with Crippen molar-refractivity contribution in [3.8, 4) is 16.9 Å². The van der Waals surface area contributed by atoms with Crippen LogP contribution in [0, 0.1) is 11.6 Å². The number of rotatable bonds is 5. The fourth-order valence-electron chi connectivity index (χ4n) is 2.38. The second-order valence-electron chi connectivity index (χ2n) is 5.26. The Morgan fingerprint density at radius 1 is 0.875 bits per heavy atom. The van der Waals surface area contributed by atoms with E-state index in [0.29, 0.717) is 17.4 Å². The van der Waals surface area contributed by atoms with E-state index in [1.807, 2.05) is 30.3 Å². The first-order valence-electron chi connectivity index (χ1n) is 7.39. The summed E-state index contributed by atoms with van der Waals surface area (Å²) in [5.41, 5.74) is 1.78. The maximum Gasteiger partial charge on any atom is 0.201 e. The summed E-state index contributed by atoms with van der Waals surface area (Å²) in [7, 11) is 0. The zero-order chi connectivity index (χ0) is 16.9. The SMILES string of the molecule is O=Cc1cccc(-c2ccc(OCc3ccccc3)c(F)c2F)c1. The normalized spacial score (nSPS) is 10.4. The number of halogens is 2. The van der Waals surface area contributed by atoms with Gasteiger partial charge in [-0.2, -0.15) is 4.39 Å². The number of carbonyl (C=O) groups excluding carboxylic acids is 1. The van der Waals surface area contributed by atoms with Gasteiger partial charge in [0, 0.05) is 11.1 Å². The molecule has 0 radical (unpaired) electrons. The first-order valence-corrected chi connectivity index (χ1v) is 7.39. The third-order valence-corrected chi connectivity index (χ3v) is 3.62. The number of carbonyl (C=O) groups is 1. The highest BCUT2D eigenvalue weighted by atomic mass is 19.2. The molecule has 0 amide bonds. The van der Waals surface area contributed by atoms with Crippen molar-refractivity contribution in [2.75, 3.05) is 0 Å². The predicted molar refractivity (Wildman–Crippen MR) is 88.0 cm³/mol. The molecule has 0 fully saturated rings. The van der Waals surface area contributed by atoms with Crippen molar-refractivity contribution >= 4 is 6.29 Å². The largest absolute Gasteiger partial charge is 0.486 e. The van der Waals surface area contributed by atoms with Gasteiger partial charge in [-0.15, -0.1) is 0 Å². The van der Waals surface area contributed by atoms with E-state index in [0.717, 1.165) is 5.56 Å². The highest BCUT2D eigenvalue weighted by Crippen LogP contribution is 2.30. The summed E-state index contributed by atoms with van der Waals surface area (Å²) in [6, 6.07) is 18.4. The van der Waals surface area contributed by atoms with Crippen LogP contribution in [0.1, 0.15) is 15.9 Å². The van der Waals surface area contributed by atoms with Gasteiger partial charge in [-0.05, 0) is 29.3 Å². The predicted octanol–water partition coefficient (Wildman–Crippen LogP) is 5.02. The zero-order valence-corrected chi connectivity index (χ0v) is 12.7. The fourth-order valence-corrected chi connectivity index (χ4v) is 2.38. The van der Waals surface area contributed by atoms with Crippen LogP contribution in [-0.2, 0) is 6.61 Å². The molecule has 0 spiro atoms. The lowest BCUT2D eigenvalue weighted by Gasteiger charge is -2.11. The fraction of sp³-hybridized carbons (Fsp3) is 0.0500. The molecular weight excluding hydrogens is 310 g/mol. The number of ether oxygens (including phenoxy) is 1. The molecule has 2 nitrogen and oxygen atoms in total. The maximum absolute atomic E-state index is 14.4. The summed E-state index contributed by atoms with van der Waals surface area (Å²) < 4.78 is 34.0. The van der Waals surface area contributed by atoms with Gasteiger partial charge in [0.25, 0.3) is 0 Å². The van der Waals surface area contributed by atoms with Gasteiger partial charge in [0.2, 0.25) is 5.82 Å². The van der Waals surface area contributed by atoms with Gasteiger partial charge in [0.15, 0.2) is 11.6 Å². The first kappa shape index (κ1) is 15.9. The van der Waals surface area contributed by atoms with Crippen LogP contribution in [0.3, 0.4) is 0 Å². The minimum Gasteiger partial charge on any atom is -0.486 e. The third-order valence-electron chi connectivity index (χ3n) is 3.62. The first-order chi connectivity index (χ1) is 11.7. The molecule has 0 heterocycles. The Bertz CT molecular complexity index is 861. The minimum absolute atomic E-state index is 0.0864. The van der Waals surface area contributed by atoms with Crippen molar-refractivity contribution in [2.45, 2.75) is 6.61 Å². The van der Waals surface area contributed by atoms with Gasteiger partial charge in [-0.1, -0.05) is 48.5 Å². The Balaban J connectivity index is 1.87. The van der Waals surface area contributed by atoms with Crippen molar-refractivity contribution < 1.29 is 18.3 Å². The van der Waals surface area contributed by atoms with Crippen LogP contribution in [0.4, 0.5) is 8.78 Å². The van der Waals surface area contributed by atoms with E-state index < -0.39 is 11.6 Å². The van der Waals surface area contributed by atoms with Crippen molar-refractivity contribution in [1.82, 2.24) is 0 Å². The molecule has 3 rings (SSSR count). The number of aldehydes is 1. The van der Waals surface area contributed by atoms with Crippen LogP contribution in [-0.4, -0.2) is 6.29 Å². The van der Waals surface area contributed by atoms with E-state index >= 15 is 0 Å². The molecule has 120 valence electrons. The lowest BCUT2D eigenvalue weighted by molar-refractivity contribution is 0.112. The molecule has 3 aromatic carbocycles. The lowest BCUT2D eigenvalue weighted by Crippen LogP contribution is -2.00. The van der Waals surface area contributed by atoms with Gasteiger partial charge in [0.05, 0.1) is 0 Å². The summed E-state index contributed by atoms with van der Waals surface area (Å²) >= 11 is 0. The Kier molecular flexibility index (Phi) is 4.66. The second-order valence-corrected chi connectivity index (χ2v) is 5.26. The van der Waals surface area contributed by atoms with Crippen LogP contribution in [0.25, 0.3) is 11.1 Å². The molecule has 0 aromatic heterocycles. The van der Waals surface area contributed by atoms with Gasteiger partial charge in [-0.25, -0.2) is 4.39 Å². The van der Waals surface area contributed by atoms with Crippen molar-refractivity contribution in [1.29, 1.82) is 0 Å². The van der Waals surface area contributed by atoms with Crippen LogP contribution in [0.2, 0.25) is 0 Å². The van der Waals surface area contributed by atoms with Crippen LogP contribution in [0.15, 0.2) is 66.7 Å². The molecule has 0 bridgehead atoms. The molecule has 0 aliphatic carbocycles. The number of benzene rings is 3. The van der Waals surface area contributed by atoms with E-state index in [4.69, 9.17) is 4.74 Å². The summed E-state index contributed by atoms with van der Waals surface area (Å²) in [5.74, 6) is -2.19. The summed E-state index contributed by atoms with van der Waals surface area (Å²) in [6.45, 7) is 0.150. The van der Waals surface area contributed by atoms with Crippen LogP contribution >= 0.6 is 0 Å². The lowest BCUT2D eigenvalue weighted by atomic mass is 10.0. The molecule has 0 aliphatic heterocycles. The Hall–Kier alpha value is -3.01. The van der Waals surface area contributed by atoms with E-state index in [1.54, 1.807) is 18.2 Å². The maximum atomic E-state index is 14.4. The molecule has 0 saturated heterocycles. The van der Waals surface area contributed by atoms with Gasteiger partial charge in [0.1, 0.15) is 12.9 Å². The molecule has 0 unspecified atom stereocenters. The topological polar surface area (TPSA) is 26.3 Å². The van der Waals surface area contributed by atoms with Crippen LogP contribution < -0.4 is 4.74 Å². The molecule has 0 saturated carbocycles. The molecule has 3 aromatic rings. The third kappa shape index (κ3) is 3.33. The minimum atomic E-state index is -1.04. The molecule has 0 N–H and O–H groups in total. The Labute approximate surface area is 138 Å². The van der Waals surface area contributed by atoms with Crippen molar-refractivity contribution in [3.05, 3.63) is 89.5 Å². The number of hydrogen-bond acceptors (Lipinski definition) is 2. The summed E-state index contributed by atoms with van der Waals surface area (Å²) in [4.78, 5) is 10.8. The molecule has 0 atom stereocenters. The summed E-state index contributed by atoms with van der Waals surface area (Å²) in [6.07, 6.45) is 0.662. The molecule has 24 heavy (non-hydrogen) atoms. The second kappa shape index (κ2) is 7.04. The Morgan fingerprint density at radius 3 is 2.42 bits per heavy atom.